The molecule has 3 aromatic rings. The largest absolute Gasteiger partial charge is 0.330 e. The Labute approximate surface area is 111 Å². The van der Waals surface area contributed by atoms with Crippen molar-refractivity contribution >= 4 is 5.52 Å². The Hall–Kier alpha value is -2.27. The lowest BCUT2D eigenvalue weighted by molar-refractivity contribution is 0.810. The monoisotopic (exact) mass is 253 g/mol. The molecule has 0 aromatic carbocycles. The zero-order valence-corrected chi connectivity index (χ0v) is 10.5. The summed E-state index contributed by atoms with van der Waals surface area (Å²) in [7, 11) is 0. The molecule has 0 aliphatic heterocycles. The van der Waals surface area contributed by atoms with Crippen molar-refractivity contribution in [2.45, 2.75) is 12.8 Å². The first-order valence-corrected chi connectivity index (χ1v) is 6.33. The molecule has 3 rings (SSSR count). The molecule has 3 aromatic heterocycles. The van der Waals surface area contributed by atoms with E-state index >= 15 is 0 Å². The molecule has 0 aliphatic rings. The minimum atomic E-state index is 0.685. The zero-order valence-electron chi connectivity index (χ0n) is 10.5. The summed E-state index contributed by atoms with van der Waals surface area (Å²) in [5.41, 5.74) is 9.69. The van der Waals surface area contributed by atoms with E-state index in [0.29, 0.717) is 6.54 Å². The van der Waals surface area contributed by atoms with Gasteiger partial charge in [0.05, 0.1) is 17.4 Å². The van der Waals surface area contributed by atoms with Gasteiger partial charge >= 0.3 is 0 Å². The summed E-state index contributed by atoms with van der Waals surface area (Å²) in [6, 6.07) is 10.1. The molecule has 19 heavy (non-hydrogen) atoms. The molecule has 3 heterocycles. The van der Waals surface area contributed by atoms with Crippen molar-refractivity contribution in [2.75, 3.05) is 6.54 Å². The normalized spacial score (nSPS) is 11.0. The Morgan fingerprint density at radius 2 is 2.16 bits per heavy atom. The van der Waals surface area contributed by atoms with E-state index in [2.05, 4.69) is 21.4 Å². The van der Waals surface area contributed by atoms with Gasteiger partial charge in [0.15, 0.2) is 0 Å². The lowest BCUT2D eigenvalue weighted by Gasteiger charge is -2.06. The van der Waals surface area contributed by atoms with Crippen LogP contribution in [0, 0.1) is 0 Å². The molecule has 0 saturated heterocycles. The van der Waals surface area contributed by atoms with Crippen molar-refractivity contribution in [3.63, 3.8) is 0 Å². The summed E-state index contributed by atoms with van der Waals surface area (Å²) < 4.78 is 1.84. The van der Waals surface area contributed by atoms with E-state index in [1.54, 1.807) is 6.20 Å². The lowest BCUT2D eigenvalue weighted by Crippen LogP contribution is -2.02. The Balaban J connectivity index is 2.03. The van der Waals surface area contributed by atoms with Crippen LogP contribution in [0.2, 0.25) is 0 Å². The van der Waals surface area contributed by atoms with Crippen molar-refractivity contribution in [3.05, 3.63) is 48.4 Å². The van der Waals surface area contributed by atoms with Crippen molar-refractivity contribution in [1.29, 1.82) is 0 Å². The predicted octanol–water partition coefficient (Wildman–Crippen LogP) is 1.68. The lowest BCUT2D eigenvalue weighted by atomic mass is 10.1. The topological polar surface area (TPSA) is 69.1 Å². The maximum absolute atomic E-state index is 5.54. The average Bonchev–Trinajstić information content (AvgIpc) is 2.93. The van der Waals surface area contributed by atoms with E-state index < -0.39 is 0 Å². The number of fused-ring (bicyclic) bond motifs is 1. The van der Waals surface area contributed by atoms with E-state index in [-0.39, 0.29) is 0 Å². The SMILES string of the molecule is NCCCc1cc(-c2cccc3cnnn23)ccn1. The van der Waals surface area contributed by atoms with E-state index in [1.165, 1.54) is 0 Å². The van der Waals surface area contributed by atoms with Crippen LogP contribution in [0.4, 0.5) is 0 Å². The number of aromatic nitrogens is 4. The smallest absolute Gasteiger partial charge is 0.0872 e. The van der Waals surface area contributed by atoms with Crippen LogP contribution in [0.1, 0.15) is 12.1 Å². The third kappa shape index (κ3) is 2.32. The molecule has 0 bridgehead atoms. The van der Waals surface area contributed by atoms with Crippen LogP contribution in [0.25, 0.3) is 16.8 Å². The molecular formula is C14H15N5. The van der Waals surface area contributed by atoms with Gasteiger partial charge in [-0.05, 0) is 43.7 Å². The van der Waals surface area contributed by atoms with Gasteiger partial charge in [-0.3, -0.25) is 4.98 Å². The predicted molar refractivity (Wildman–Crippen MR) is 73.6 cm³/mol. The molecule has 0 unspecified atom stereocenters. The quantitative estimate of drug-likeness (QED) is 0.768. The maximum atomic E-state index is 5.54. The number of nitrogens with zero attached hydrogens (tertiary/aromatic N) is 4. The Morgan fingerprint density at radius 1 is 1.21 bits per heavy atom. The fourth-order valence-corrected chi connectivity index (χ4v) is 2.13. The number of rotatable bonds is 4. The molecule has 5 nitrogen and oxygen atoms in total. The van der Waals surface area contributed by atoms with E-state index in [4.69, 9.17) is 5.73 Å². The minimum Gasteiger partial charge on any atom is -0.330 e. The molecule has 5 heteroatoms. The molecule has 0 aliphatic carbocycles. The summed E-state index contributed by atoms with van der Waals surface area (Å²) >= 11 is 0. The summed E-state index contributed by atoms with van der Waals surface area (Å²) in [4.78, 5) is 4.37. The number of pyridine rings is 2. The van der Waals surface area contributed by atoms with Crippen LogP contribution < -0.4 is 5.73 Å². The summed E-state index contributed by atoms with van der Waals surface area (Å²) in [5.74, 6) is 0. The van der Waals surface area contributed by atoms with E-state index in [9.17, 15) is 0 Å². The Kier molecular flexibility index (Phi) is 3.20. The van der Waals surface area contributed by atoms with Gasteiger partial charge in [-0.15, -0.1) is 5.10 Å². The molecule has 0 fully saturated rings. The first-order valence-electron chi connectivity index (χ1n) is 6.33. The summed E-state index contributed by atoms with van der Waals surface area (Å²) in [5, 5.41) is 8.05. The van der Waals surface area contributed by atoms with Crippen molar-refractivity contribution in [1.82, 2.24) is 19.8 Å². The highest BCUT2D eigenvalue weighted by Crippen LogP contribution is 2.20. The second-order valence-electron chi connectivity index (χ2n) is 4.41. The Morgan fingerprint density at radius 3 is 3.05 bits per heavy atom. The van der Waals surface area contributed by atoms with Gasteiger partial charge in [0.2, 0.25) is 0 Å². The van der Waals surface area contributed by atoms with Crippen LogP contribution in [-0.2, 0) is 6.42 Å². The van der Waals surface area contributed by atoms with Gasteiger partial charge in [-0.2, -0.15) is 0 Å². The number of hydrogen-bond donors (Lipinski definition) is 1. The van der Waals surface area contributed by atoms with Crippen molar-refractivity contribution < 1.29 is 0 Å². The van der Waals surface area contributed by atoms with Crippen LogP contribution >= 0.6 is 0 Å². The first kappa shape index (κ1) is 11.8. The zero-order chi connectivity index (χ0) is 13.1. The molecule has 0 amide bonds. The number of hydrogen-bond acceptors (Lipinski definition) is 4. The molecule has 0 spiro atoms. The van der Waals surface area contributed by atoms with Gasteiger partial charge in [-0.25, -0.2) is 4.52 Å². The molecule has 0 atom stereocenters. The highest BCUT2D eigenvalue weighted by atomic mass is 15.4. The van der Waals surface area contributed by atoms with Gasteiger partial charge in [0.1, 0.15) is 0 Å². The maximum Gasteiger partial charge on any atom is 0.0872 e. The molecular weight excluding hydrogens is 238 g/mol. The third-order valence-electron chi connectivity index (χ3n) is 3.07. The molecule has 0 radical (unpaired) electrons. The Bertz CT molecular complexity index is 689. The summed E-state index contributed by atoms with van der Waals surface area (Å²) in [6.45, 7) is 0.685. The first-order chi connectivity index (χ1) is 9.38. The van der Waals surface area contributed by atoms with Gasteiger partial charge in [0, 0.05) is 17.5 Å². The summed E-state index contributed by atoms with van der Waals surface area (Å²) in [6.07, 6.45) is 5.43. The third-order valence-corrected chi connectivity index (χ3v) is 3.07. The van der Waals surface area contributed by atoms with Crippen LogP contribution in [0.5, 0.6) is 0 Å². The minimum absolute atomic E-state index is 0.685. The molecule has 96 valence electrons. The highest BCUT2D eigenvalue weighted by Gasteiger charge is 2.05. The van der Waals surface area contributed by atoms with E-state index in [0.717, 1.165) is 35.3 Å². The second-order valence-corrected chi connectivity index (χ2v) is 4.41. The fourth-order valence-electron chi connectivity index (χ4n) is 2.13. The van der Waals surface area contributed by atoms with E-state index in [1.807, 2.05) is 35.0 Å². The van der Waals surface area contributed by atoms with Crippen LogP contribution in [-0.4, -0.2) is 26.4 Å². The fraction of sp³-hybridized carbons (Fsp3) is 0.214. The number of nitrogens with two attached hydrogens (primary N) is 1. The van der Waals surface area contributed by atoms with Gasteiger partial charge in [0.25, 0.3) is 0 Å². The molecule has 2 N–H and O–H groups in total. The number of aryl methyl sites for hydroxylation is 1. The van der Waals surface area contributed by atoms with Crippen LogP contribution in [0.3, 0.4) is 0 Å². The molecule has 0 saturated carbocycles. The standard InChI is InChI=1S/C14H15N5/c15-7-2-3-12-9-11(6-8-16-12)14-5-1-4-13-10-17-18-19(13)14/h1,4-6,8-10H,2-3,7,15H2. The average molecular weight is 253 g/mol. The van der Waals surface area contributed by atoms with Crippen molar-refractivity contribution in [2.24, 2.45) is 5.73 Å². The second kappa shape index (κ2) is 5.16. The highest BCUT2D eigenvalue weighted by molar-refractivity contribution is 5.63. The van der Waals surface area contributed by atoms with Crippen LogP contribution in [0.15, 0.2) is 42.7 Å². The van der Waals surface area contributed by atoms with Gasteiger partial charge in [-0.1, -0.05) is 11.3 Å². The van der Waals surface area contributed by atoms with Crippen molar-refractivity contribution in [3.8, 4) is 11.3 Å². The van der Waals surface area contributed by atoms with Gasteiger partial charge < -0.3 is 5.73 Å².